The predicted octanol–water partition coefficient (Wildman–Crippen LogP) is 3.07. The van der Waals surface area contributed by atoms with E-state index in [1.807, 2.05) is 0 Å². The average Bonchev–Trinajstić information content (AvgIpc) is 3.30. The molecule has 1 unspecified atom stereocenters. The summed E-state index contributed by atoms with van der Waals surface area (Å²) in [6.07, 6.45) is -0.0930. The molecule has 3 rings (SSSR count). The van der Waals surface area contributed by atoms with Crippen LogP contribution >= 0.6 is 11.8 Å². The molecule has 1 aliphatic heterocycles. The van der Waals surface area contributed by atoms with Gasteiger partial charge in [-0.25, -0.2) is 17.8 Å². The number of carbonyl (C=O) groups is 3. The van der Waals surface area contributed by atoms with E-state index >= 15 is 4.39 Å². The summed E-state index contributed by atoms with van der Waals surface area (Å²) in [5.41, 5.74) is -0.312. The average molecular weight is 531 g/mol. The summed E-state index contributed by atoms with van der Waals surface area (Å²) in [6, 6.07) is 2.91. The standard InChI is InChI=1S/C21H24F2N4O6S2/c1-11-6-14(4-5-15(11)22)24-20(29)19-18(23)17(8-25(19)3)27(35(32)33)16-9-26(21(30)31)7-13(16)10-34-12(2)28/h4-6,8,13,16H,7,9-10H2,1-3H3,(H,24,29)(H,30,31)(H,32,33)/t13-,16-/m0/s1. The number of thioether (sulfide) groups is 1. The van der Waals surface area contributed by atoms with Crippen LogP contribution in [0.5, 0.6) is 0 Å². The maximum absolute atomic E-state index is 15.5. The Labute approximate surface area is 206 Å². The van der Waals surface area contributed by atoms with E-state index in [-0.39, 0.29) is 40.9 Å². The third kappa shape index (κ3) is 5.82. The van der Waals surface area contributed by atoms with Gasteiger partial charge in [0, 0.05) is 50.6 Å². The van der Waals surface area contributed by atoms with Crippen LogP contribution in [0.25, 0.3) is 0 Å². The summed E-state index contributed by atoms with van der Waals surface area (Å²) < 4.78 is 53.4. The fourth-order valence-electron chi connectivity index (χ4n) is 3.95. The third-order valence-electron chi connectivity index (χ3n) is 5.62. The van der Waals surface area contributed by atoms with Gasteiger partial charge in [0.05, 0.1) is 6.04 Å². The van der Waals surface area contributed by atoms with Crippen molar-refractivity contribution in [2.45, 2.75) is 19.9 Å². The number of carbonyl (C=O) groups excluding carboxylic acids is 2. The second-order valence-corrected chi connectivity index (χ2v) is 10.1. The van der Waals surface area contributed by atoms with Crippen LogP contribution in [-0.2, 0) is 23.1 Å². The lowest BCUT2D eigenvalue weighted by Crippen LogP contribution is -2.43. The molecule has 10 nitrogen and oxygen atoms in total. The summed E-state index contributed by atoms with van der Waals surface area (Å²) in [5.74, 6) is -2.83. The predicted molar refractivity (Wildman–Crippen MR) is 128 cm³/mol. The van der Waals surface area contributed by atoms with Crippen LogP contribution in [0.1, 0.15) is 23.0 Å². The highest BCUT2D eigenvalue weighted by Crippen LogP contribution is 2.34. The van der Waals surface area contributed by atoms with Crippen molar-refractivity contribution in [2.24, 2.45) is 13.0 Å². The van der Waals surface area contributed by atoms with Crippen molar-refractivity contribution in [3.63, 3.8) is 0 Å². The van der Waals surface area contributed by atoms with Gasteiger partial charge >= 0.3 is 6.09 Å². The van der Waals surface area contributed by atoms with Gasteiger partial charge in [0.2, 0.25) is 0 Å². The van der Waals surface area contributed by atoms with E-state index < -0.39 is 52.6 Å². The summed E-state index contributed by atoms with van der Waals surface area (Å²) >= 11 is -1.84. The summed E-state index contributed by atoms with van der Waals surface area (Å²) in [5, 5.41) is 11.7. The summed E-state index contributed by atoms with van der Waals surface area (Å²) in [4.78, 5) is 36.8. The molecule has 35 heavy (non-hydrogen) atoms. The molecule has 2 heterocycles. The van der Waals surface area contributed by atoms with Crippen molar-refractivity contribution >= 4 is 51.5 Å². The molecule has 0 radical (unpaired) electrons. The molecule has 0 saturated carbocycles. The van der Waals surface area contributed by atoms with Crippen molar-refractivity contribution in [1.29, 1.82) is 0 Å². The van der Waals surface area contributed by atoms with Gasteiger partial charge in [0.15, 0.2) is 10.9 Å². The minimum Gasteiger partial charge on any atom is -0.465 e. The van der Waals surface area contributed by atoms with Gasteiger partial charge in [0.1, 0.15) is 17.2 Å². The number of aromatic nitrogens is 1. The largest absolute Gasteiger partial charge is 0.465 e. The van der Waals surface area contributed by atoms with Gasteiger partial charge in [-0.05, 0) is 30.7 Å². The SMILES string of the molecule is CC(=O)SC[C@@H]1CN(C(=O)O)C[C@@H]1N(c1cn(C)c(C(=O)Nc2ccc(F)c(C)c2)c1F)S(=O)O. The van der Waals surface area contributed by atoms with Crippen LogP contribution in [0.15, 0.2) is 24.4 Å². The Morgan fingerprint density at radius 3 is 2.54 bits per heavy atom. The lowest BCUT2D eigenvalue weighted by atomic mass is 10.1. The Kier molecular flexibility index (Phi) is 8.18. The van der Waals surface area contributed by atoms with E-state index in [1.54, 1.807) is 0 Å². The molecule has 2 amide bonds. The number of amides is 2. The zero-order valence-corrected chi connectivity index (χ0v) is 20.7. The Morgan fingerprint density at radius 2 is 1.97 bits per heavy atom. The number of rotatable bonds is 7. The number of nitrogens with zero attached hydrogens (tertiary/aromatic N) is 3. The van der Waals surface area contributed by atoms with Crippen LogP contribution in [0.4, 0.5) is 25.0 Å². The Balaban J connectivity index is 1.95. The fraction of sp³-hybridized carbons (Fsp3) is 0.381. The van der Waals surface area contributed by atoms with Crippen LogP contribution in [0, 0.1) is 24.5 Å². The molecule has 190 valence electrons. The van der Waals surface area contributed by atoms with Gasteiger partial charge in [-0.15, -0.1) is 0 Å². The number of hydrogen-bond donors (Lipinski definition) is 3. The molecule has 0 bridgehead atoms. The molecule has 2 aromatic rings. The number of nitrogens with one attached hydrogen (secondary N) is 1. The van der Waals surface area contributed by atoms with Gasteiger partial charge in [0.25, 0.3) is 17.2 Å². The second kappa shape index (κ2) is 10.7. The van der Waals surface area contributed by atoms with Crippen LogP contribution < -0.4 is 9.62 Å². The molecule has 1 fully saturated rings. The first-order valence-electron chi connectivity index (χ1n) is 10.3. The number of benzene rings is 1. The number of carboxylic acid groups (broad SMARTS) is 1. The van der Waals surface area contributed by atoms with E-state index in [0.29, 0.717) is 0 Å². The maximum Gasteiger partial charge on any atom is 0.407 e. The van der Waals surface area contributed by atoms with E-state index in [2.05, 4.69) is 5.32 Å². The molecule has 3 N–H and O–H groups in total. The van der Waals surface area contributed by atoms with E-state index in [0.717, 1.165) is 37.8 Å². The van der Waals surface area contributed by atoms with Crippen molar-refractivity contribution in [3.05, 3.63) is 47.3 Å². The van der Waals surface area contributed by atoms with Crippen LogP contribution in [0.3, 0.4) is 0 Å². The number of hydrogen-bond acceptors (Lipinski definition) is 5. The first kappa shape index (κ1) is 26.6. The highest BCUT2D eigenvalue weighted by atomic mass is 32.2. The third-order valence-corrected chi connectivity index (χ3v) is 7.42. The lowest BCUT2D eigenvalue weighted by molar-refractivity contribution is -0.109. The maximum atomic E-state index is 15.5. The second-order valence-electron chi connectivity index (χ2n) is 8.08. The molecule has 1 aromatic heterocycles. The Bertz CT molecular complexity index is 1190. The smallest absolute Gasteiger partial charge is 0.407 e. The van der Waals surface area contributed by atoms with Crippen molar-refractivity contribution in [2.75, 3.05) is 28.5 Å². The van der Waals surface area contributed by atoms with Crippen molar-refractivity contribution in [3.8, 4) is 0 Å². The molecular weight excluding hydrogens is 506 g/mol. The summed E-state index contributed by atoms with van der Waals surface area (Å²) in [7, 11) is 1.37. The molecule has 3 atom stereocenters. The van der Waals surface area contributed by atoms with Crippen molar-refractivity contribution in [1.82, 2.24) is 9.47 Å². The summed E-state index contributed by atoms with van der Waals surface area (Å²) in [6.45, 7) is 2.63. The normalized spacial score (nSPS) is 18.4. The van der Waals surface area contributed by atoms with Crippen molar-refractivity contribution < 1.29 is 37.0 Å². The first-order chi connectivity index (χ1) is 16.4. The molecule has 0 spiro atoms. The number of aryl methyl sites for hydroxylation is 2. The Hall–Kier alpha value is -2.97. The topological polar surface area (TPSA) is 132 Å². The number of anilines is 2. The number of likely N-dealkylation sites (tertiary alicyclic amines) is 1. The van der Waals surface area contributed by atoms with E-state index in [4.69, 9.17) is 0 Å². The highest BCUT2D eigenvalue weighted by Gasteiger charge is 2.43. The molecule has 0 aliphatic carbocycles. The number of halogens is 2. The zero-order valence-electron chi connectivity index (χ0n) is 19.0. The van der Waals surface area contributed by atoms with E-state index in [1.165, 1.54) is 33.0 Å². The molecule has 1 aromatic carbocycles. The van der Waals surface area contributed by atoms with E-state index in [9.17, 15) is 32.6 Å². The minimum atomic E-state index is -2.78. The zero-order chi connectivity index (χ0) is 26.0. The Morgan fingerprint density at radius 1 is 1.29 bits per heavy atom. The molecular formula is C21H24F2N4O6S2. The fourth-order valence-corrected chi connectivity index (χ4v) is 5.49. The highest BCUT2D eigenvalue weighted by molar-refractivity contribution is 8.13. The van der Waals surface area contributed by atoms with Gasteiger partial charge in [-0.3, -0.25) is 18.4 Å². The monoisotopic (exact) mass is 530 g/mol. The van der Waals surface area contributed by atoms with Crippen LogP contribution in [-0.4, -0.2) is 65.3 Å². The molecule has 1 aliphatic rings. The van der Waals surface area contributed by atoms with Crippen LogP contribution in [0.2, 0.25) is 0 Å². The molecule has 1 saturated heterocycles. The quantitative estimate of drug-likeness (QED) is 0.469. The van der Waals surface area contributed by atoms with Gasteiger partial charge in [-0.2, -0.15) is 0 Å². The molecule has 14 heteroatoms. The first-order valence-corrected chi connectivity index (χ1v) is 12.4. The minimum absolute atomic E-state index is 0.0142. The van der Waals surface area contributed by atoms with Gasteiger partial charge < -0.3 is 19.9 Å². The van der Waals surface area contributed by atoms with Gasteiger partial charge in [-0.1, -0.05) is 11.8 Å². The lowest BCUT2D eigenvalue weighted by Gasteiger charge is -2.29.